The summed E-state index contributed by atoms with van der Waals surface area (Å²) in [6, 6.07) is 5.75. The highest BCUT2D eigenvalue weighted by molar-refractivity contribution is 9.10. The van der Waals surface area contributed by atoms with Crippen LogP contribution in [-0.2, 0) is 6.18 Å². The number of halogens is 4. The van der Waals surface area contributed by atoms with E-state index in [-0.39, 0.29) is 21.6 Å². The molecule has 1 aromatic heterocycles. The van der Waals surface area contributed by atoms with Crippen molar-refractivity contribution in [2.24, 2.45) is 0 Å². The van der Waals surface area contributed by atoms with Crippen molar-refractivity contribution >= 4 is 21.9 Å². The van der Waals surface area contributed by atoms with Crippen molar-refractivity contribution in [3.05, 3.63) is 46.1 Å². The van der Waals surface area contributed by atoms with Crippen LogP contribution in [0, 0.1) is 0 Å². The molecule has 0 unspecified atom stereocenters. The molecule has 3 nitrogen and oxygen atoms in total. The van der Waals surface area contributed by atoms with Crippen molar-refractivity contribution in [1.82, 2.24) is 0 Å². The molecule has 2 aromatic rings. The van der Waals surface area contributed by atoms with Crippen LogP contribution in [0.1, 0.15) is 16.1 Å². The van der Waals surface area contributed by atoms with E-state index in [4.69, 9.17) is 9.52 Å². The molecule has 0 atom stereocenters. The molecule has 0 fully saturated rings. The molecule has 2 rings (SSSR count). The fourth-order valence-corrected chi connectivity index (χ4v) is 2.00. The molecule has 0 aliphatic heterocycles. The van der Waals surface area contributed by atoms with E-state index in [1.807, 2.05) is 0 Å². The van der Waals surface area contributed by atoms with Crippen molar-refractivity contribution in [2.75, 3.05) is 0 Å². The number of aromatic carboxylic acids is 1. The van der Waals surface area contributed by atoms with Crippen molar-refractivity contribution in [1.29, 1.82) is 0 Å². The van der Waals surface area contributed by atoms with Gasteiger partial charge in [-0.25, -0.2) is 4.79 Å². The Hall–Kier alpha value is -1.76. The number of carbonyl (C=O) groups is 1. The number of alkyl halides is 3. The van der Waals surface area contributed by atoms with Crippen molar-refractivity contribution in [3.8, 4) is 11.3 Å². The molecule has 7 heteroatoms. The van der Waals surface area contributed by atoms with E-state index in [0.29, 0.717) is 0 Å². The molecule has 0 bridgehead atoms. The van der Waals surface area contributed by atoms with E-state index in [2.05, 4.69) is 15.9 Å². The van der Waals surface area contributed by atoms with Crippen LogP contribution in [0.5, 0.6) is 0 Å². The minimum Gasteiger partial charge on any atom is -0.475 e. The molecule has 0 saturated carbocycles. The molecular formula is C12H6BrF3O3. The molecule has 1 N–H and O–H groups in total. The Balaban J connectivity index is 2.50. The summed E-state index contributed by atoms with van der Waals surface area (Å²) in [4.78, 5) is 10.7. The van der Waals surface area contributed by atoms with Gasteiger partial charge in [0, 0.05) is 10.0 Å². The van der Waals surface area contributed by atoms with Crippen molar-refractivity contribution in [2.45, 2.75) is 6.18 Å². The Morgan fingerprint density at radius 2 is 1.89 bits per heavy atom. The predicted octanol–water partition coefficient (Wildman–Crippen LogP) is 4.43. The van der Waals surface area contributed by atoms with Crippen LogP contribution in [0.3, 0.4) is 0 Å². The summed E-state index contributed by atoms with van der Waals surface area (Å²) < 4.78 is 43.1. The van der Waals surface area contributed by atoms with E-state index >= 15 is 0 Å². The van der Waals surface area contributed by atoms with Crippen LogP contribution in [0.25, 0.3) is 11.3 Å². The van der Waals surface area contributed by atoms with Gasteiger partial charge < -0.3 is 9.52 Å². The zero-order valence-electron chi connectivity index (χ0n) is 9.16. The maximum atomic E-state index is 12.7. The number of rotatable bonds is 2. The highest BCUT2D eigenvalue weighted by Crippen LogP contribution is 2.35. The summed E-state index contributed by atoms with van der Waals surface area (Å²) in [7, 11) is 0. The average molecular weight is 335 g/mol. The van der Waals surface area contributed by atoms with Gasteiger partial charge in [-0.1, -0.05) is 15.9 Å². The van der Waals surface area contributed by atoms with E-state index in [1.54, 1.807) is 0 Å². The molecule has 0 amide bonds. The highest BCUT2D eigenvalue weighted by atomic mass is 79.9. The van der Waals surface area contributed by atoms with E-state index < -0.39 is 17.7 Å². The SMILES string of the molecule is O=C(O)c1ccc(-c2cc(Br)cc(C(F)(F)F)c2)o1. The first kappa shape index (κ1) is 13.7. The molecule has 0 radical (unpaired) electrons. The van der Waals surface area contributed by atoms with Gasteiger partial charge in [0.2, 0.25) is 5.76 Å². The Kier molecular flexibility index (Phi) is 3.40. The van der Waals surface area contributed by atoms with Crippen molar-refractivity contribution < 1.29 is 27.5 Å². The normalized spacial score (nSPS) is 11.6. The Bertz CT molecular complexity index is 631. The van der Waals surface area contributed by atoms with Crippen LogP contribution < -0.4 is 0 Å². The molecule has 0 aliphatic rings. The zero-order chi connectivity index (χ0) is 14.2. The molecular weight excluding hydrogens is 329 g/mol. The monoisotopic (exact) mass is 334 g/mol. The Labute approximate surface area is 113 Å². The van der Waals surface area contributed by atoms with Crippen LogP contribution in [0.4, 0.5) is 13.2 Å². The third kappa shape index (κ3) is 2.98. The smallest absolute Gasteiger partial charge is 0.416 e. The standard InChI is InChI=1S/C12H6BrF3O3/c13-8-4-6(3-7(5-8)12(14,15)16)9-1-2-10(19-9)11(17)18/h1-5H,(H,17,18). The lowest BCUT2D eigenvalue weighted by atomic mass is 10.1. The predicted molar refractivity (Wildman–Crippen MR) is 63.8 cm³/mol. The van der Waals surface area contributed by atoms with Gasteiger partial charge in [-0.2, -0.15) is 13.2 Å². The van der Waals surface area contributed by atoms with E-state index in [9.17, 15) is 18.0 Å². The number of hydrogen-bond acceptors (Lipinski definition) is 2. The van der Waals surface area contributed by atoms with Crippen LogP contribution >= 0.6 is 15.9 Å². The summed E-state index contributed by atoms with van der Waals surface area (Å²) in [6.07, 6.45) is -4.49. The summed E-state index contributed by atoms with van der Waals surface area (Å²) in [5.74, 6) is -1.55. The molecule has 19 heavy (non-hydrogen) atoms. The van der Waals surface area contributed by atoms with Gasteiger partial charge in [0.1, 0.15) is 5.76 Å². The van der Waals surface area contributed by atoms with Gasteiger partial charge in [-0.15, -0.1) is 0 Å². The zero-order valence-corrected chi connectivity index (χ0v) is 10.7. The molecule has 1 aromatic carbocycles. The number of carboxylic acid groups (broad SMARTS) is 1. The minimum absolute atomic E-state index is 0.0594. The maximum Gasteiger partial charge on any atom is 0.416 e. The number of furan rings is 1. The summed E-state index contributed by atoms with van der Waals surface area (Å²) >= 11 is 2.98. The molecule has 0 saturated heterocycles. The van der Waals surface area contributed by atoms with E-state index in [0.717, 1.165) is 12.1 Å². The Morgan fingerprint density at radius 1 is 1.21 bits per heavy atom. The number of hydrogen-bond donors (Lipinski definition) is 1. The second-order valence-electron chi connectivity index (χ2n) is 3.70. The second-order valence-corrected chi connectivity index (χ2v) is 4.61. The van der Waals surface area contributed by atoms with Crippen LogP contribution in [0.2, 0.25) is 0 Å². The lowest BCUT2D eigenvalue weighted by Gasteiger charge is -2.08. The van der Waals surface area contributed by atoms with Gasteiger partial charge in [0.15, 0.2) is 0 Å². The lowest BCUT2D eigenvalue weighted by Crippen LogP contribution is -2.04. The minimum atomic E-state index is -4.49. The molecule has 1 heterocycles. The third-order valence-electron chi connectivity index (χ3n) is 2.33. The van der Waals surface area contributed by atoms with Gasteiger partial charge in [0.05, 0.1) is 5.56 Å². The average Bonchev–Trinajstić information content (AvgIpc) is 2.76. The van der Waals surface area contributed by atoms with Gasteiger partial charge in [0.25, 0.3) is 0 Å². The molecule has 0 aliphatic carbocycles. The quantitative estimate of drug-likeness (QED) is 0.884. The van der Waals surface area contributed by atoms with Crippen LogP contribution in [0.15, 0.2) is 39.2 Å². The third-order valence-corrected chi connectivity index (χ3v) is 2.78. The maximum absolute atomic E-state index is 12.7. The fraction of sp³-hybridized carbons (Fsp3) is 0.0833. The first-order valence-corrected chi connectivity index (χ1v) is 5.78. The molecule has 0 spiro atoms. The number of benzene rings is 1. The van der Waals surface area contributed by atoms with Gasteiger partial charge in [-0.3, -0.25) is 0 Å². The summed E-state index contributed by atoms with van der Waals surface area (Å²) in [5, 5.41) is 8.70. The summed E-state index contributed by atoms with van der Waals surface area (Å²) in [6.45, 7) is 0. The summed E-state index contributed by atoms with van der Waals surface area (Å²) in [5.41, 5.74) is -0.695. The van der Waals surface area contributed by atoms with Crippen molar-refractivity contribution in [3.63, 3.8) is 0 Å². The lowest BCUT2D eigenvalue weighted by molar-refractivity contribution is -0.137. The van der Waals surface area contributed by atoms with E-state index in [1.165, 1.54) is 18.2 Å². The topological polar surface area (TPSA) is 50.4 Å². The molecule has 100 valence electrons. The van der Waals surface area contributed by atoms with Gasteiger partial charge >= 0.3 is 12.1 Å². The second kappa shape index (κ2) is 4.73. The Morgan fingerprint density at radius 3 is 2.42 bits per heavy atom. The van der Waals surface area contributed by atoms with Crippen LogP contribution in [-0.4, -0.2) is 11.1 Å². The number of carboxylic acids is 1. The highest BCUT2D eigenvalue weighted by Gasteiger charge is 2.31. The van der Waals surface area contributed by atoms with Gasteiger partial charge in [-0.05, 0) is 30.3 Å². The largest absolute Gasteiger partial charge is 0.475 e. The first-order chi connectivity index (χ1) is 8.77. The first-order valence-electron chi connectivity index (χ1n) is 4.98. The fourth-order valence-electron chi connectivity index (χ4n) is 1.50.